The lowest BCUT2D eigenvalue weighted by molar-refractivity contribution is -0.110. The van der Waals surface area contributed by atoms with Crippen LogP contribution in [-0.4, -0.2) is 90.6 Å². The van der Waals surface area contributed by atoms with E-state index in [1.54, 1.807) is 30.6 Å². The first kappa shape index (κ1) is 29.4. The van der Waals surface area contributed by atoms with E-state index in [9.17, 15) is 13.2 Å². The van der Waals surface area contributed by atoms with Crippen molar-refractivity contribution in [2.24, 2.45) is 5.16 Å². The number of ether oxygens (including phenoxy) is 2. The van der Waals surface area contributed by atoms with Gasteiger partial charge in [-0.1, -0.05) is 28.6 Å². The minimum absolute atomic E-state index is 0.0760. The molecule has 1 fully saturated rings. The van der Waals surface area contributed by atoms with Crippen molar-refractivity contribution in [1.29, 1.82) is 0 Å². The van der Waals surface area contributed by atoms with Crippen LogP contribution in [0.1, 0.15) is 17.8 Å². The standard InChI is InChI=1S/C27H29N7O6S2/c1-34(2)13-15-39-23-9-8-21-26(31-23)41-27(30-21)32-25(35)24(33-40-17-22-28-11-3-12-29-22)18-4-6-19(7-5-18)42(36,37)20-10-14-38-16-20/h3-9,11-12,20H,10,13-17H2,1-2H3,(H,30,32,35)/t20-/m0/s1. The van der Waals surface area contributed by atoms with E-state index in [4.69, 9.17) is 14.3 Å². The van der Waals surface area contributed by atoms with Crippen molar-refractivity contribution in [1.82, 2.24) is 24.8 Å². The van der Waals surface area contributed by atoms with Crippen LogP contribution in [0.3, 0.4) is 0 Å². The highest BCUT2D eigenvalue weighted by Gasteiger charge is 2.31. The van der Waals surface area contributed by atoms with Crippen LogP contribution in [0.4, 0.5) is 5.13 Å². The number of oxime groups is 1. The molecular formula is C27H29N7O6S2. The number of carbonyl (C=O) groups excluding carboxylic acids is 1. The number of carbonyl (C=O) groups is 1. The fourth-order valence-electron chi connectivity index (χ4n) is 3.96. The van der Waals surface area contributed by atoms with Gasteiger partial charge in [0.15, 0.2) is 33.1 Å². The van der Waals surface area contributed by atoms with E-state index >= 15 is 0 Å². The summed E-state index contributed by atoms with van der Waals surface area (Å²) < 4.78 is 36.9. The third-order valence-corrected chi connectivity index (χ3v) is 9.26. The SMILES string of the molecule is CN(C)CCOc1ccc2nc(NC(=O)C(=NOCc3ncccn3)c3ccc(S(=O)(=O)[C@H]4CCOC4)cc3)sc2n1. The van der Waals surface area contributed by atoms with Gasteiger partial charge in [-0.2, -0.15) is 0 Å². The Balaban J connectivity index is 1.35. The summed E-state index contributed by atoms with van der Waals surface area (Å²) in [5, 5.41) is 6.51. The van der Waals surface area contributed by atoms with Crippen LogP contribution in [0.2, 0.25) is 0 Å². The van der Waals surface area contributed by atoms with E-state index < -0.39 is 21.0 Å². The molecule has 15 heteroatoms. The average Bonchev–Trinajstić information content (AvgIpc) is 3.66. The molecule has 220 valence electrons. The Kier molecular flexibility index (Phi) is 9.31. The van der Waals surface area contributed by atoms with Crippen molar-refractivity contribution in [3.8, 4) is 5.88 Å². The second-order valence-corrected chi connectivity index (χ2v) is 12.7. The van der Waals surface area contributed by atoms with Gasteiger partial charge < -0.3 is 19.2 Å². The van der Waals surface area contributed by atoms with Crippen LogP contribution in [0, 0.1) is 0 Å². The Morgan fingerprint density at radius 1 is 1.14 bits per heavy atom. The number of benzene rings is 1. The fraction of sp³-hybridized carbons (Fsp3) is 0.333. The van der Waals surface area contributed by atoms with Crippen LogP contribution < -0.4 is 10.1 Å². The molecule has 5 rings (SSSR count). The Hall–Kier alpha value is -4.05. The number of anilines is 1. The zero-order valence-corrected chi connectivity index (χ0v) is 24.6. The summed E-state index contributed by atoms with van der Waals surface area (Å²) in [7, 11) is 0.341. The summed E-state index contributed by atoms with van der Waals surface area (Å²) in [5.41, 5.74) is 0.856. The van der Waals surface area contributed by atoms with Crippen molar-refractivity contribution in [2.45, 2.75) is 23.2 Å². The number of hydrogen-bond donors (Lipinski definition) is 1. The van der Waals surface area contributed by atoms with Crippen LogP contribution >= 0.6 is 11.3 Å². The molecule has 1 aliphatic rings. The van der Waals surface area contributed by atoms with Gasteiger partial charge in [-0.05, 0) is 44.8 Å². The number of nitrogens with one attached hydrogen (secondary N) is 1. The summed E-state index contributed by atoms with van der Waals surface area (Å²) in [6.07, 6.45) is 3.57. The van der Waals surface area contributed by atoms with Gasteiger partial charge in [-0.25, -0.2) is 28.4 Å². The number of pyridine rings is 1. The predicted molar refractivity (Wildman–Crippen MR) is 156 cm³/mol. The third kappa shape index (κ3) is 7.23. The molecule has 42 heavy (non-hydrogen) atoms. The van der Waals surface area contributed by atoms with Crippen LogP contribution in [0.5, 0.6) is 5.88 Å². The van der Waals surface area contributed by atoms with Gasteiger partial charge in [-0.15, -0.1) is 0 Å². The van der Waals surface area contributed by atoms with Crippen LogP contribution in [0.25, 0.3) is 10.3 Å². The summed E-state index contributed by atoms with van der Waals surface area (Å²) in [6, 6.07) is 11.1. The van der Waals surface area contributed by atoms with Crippen molar-refractivity contribution in [3.05, 3.63) is 66.2 Å². The smallest absolute Gasteiger partial charge is 0.280 e. The summed E-state index contributed by atoms with van der Waals surface area (Å²) in [4.78, 5) is 38.7. The zero-order chi connectivity index (χ0) is 29.5. The highest BCUT2D eigenvalue weighted by Crippen LogP contribution is 2.27. The zero-order valence-electron chi connectivity index (χ0n) is 23.0. The maximum atomic E-state index is 13.4. The second-order valence-electron chi connectivity index (χ2n) is 9.53. The van der Waals surface area contributed by atoms with Gasteiger partial charge >= 0.3 is 0 Å². The predicted octanol–water partition coefficient (Wildman–Crippen LogP) is 2.54. The lowest BCUT2D eigenvalue weighted by atomic mass is 10.1. The fourth-order valence-corrected chi connectivity index (χ4v) is 6.37. The molecule has 13 nitrogen and oxygen atoms in total. The molecule has 0 radical (unpaired) electrons. The quantitative estimate of drug-likeness (QED) is 0.185. The van der Waals surface area contributed by atoms with Gasteiger partial charge in [0.25, 0.3) is 5.91 Å². The highest BCUT2D eigenvalue weighted by atomic mass is 32.2. The number of fused-ring (bicyclic) bond motifs is 1. The molecule has 4 heterocycles. The van der Waals surface area contributed by atoms with E-state index in [2.05, 4.69) is 30.4 Å². The largest absolute Gasteiger partial charge is 0.476 e. The molecule has 1 atom stereocenters. The van der Waals surface area contributed by atoms with Gasteiger partial charge in [0.05, 0.1) is 16.8 Å². The Morgan fingerprint density at radius 3 is 2.64 bits per heavy atom. The Morgan fingerprint density at radius 2 is 1.93 bits per heavy atom. The van der Waals surface area contributed by atoms with E-state index in [0.29, 0.717) is 52.4 Å². The number of hydrogen-bond acceptors (Lipinski definition) is 13. The summed E-state index contributed by atoms with van der Waals surface area (Å²) >= 11 is 1.18. The molecule has 1 N–H and O–H groups in total. The highest BCUT2D eigenvalue weighted by molar-refractivity contribution is 7.92. The molecule has 0 spiro atoms. The van der Waals surface area contributed by atoms with Crippen molar-refractivity contribution < 1.29 is 27.5 Å². The first-order chi connectivity index (χ1) is 20.3. The van der Waals surface area contributed by atoms with Crippen molar-refractivity contribution >= 4 is 48.3 Å². The normalized spacial score (nSPS) is 15.7. The number of likely N-dealkylation sites (N-methyl/N-ethyl adjacent to an activating group) is 1. The molecule has 0 bridgehead atoms. The molecule has 1 aliphatic heterocycles. The van der Waals surface area contributed by atoms with Gasteiger partial charge in [0.2, 0.25) is 5.88 Å². The van der Waals surface area contributed by atoms with E-state index in [1.807, 2.05) is 19.0 Å². The molecule has 0 saturated carbocycles. The summed E-state index contributed by atoms with van der Waals surface area (Å²) in [6.45, 7) is 1.72. The lowest BCUT2D eigenvalue weighted by Crippen LogP contribution is -2.25. The van der Waals surface area contributed by atoms with E-state index in [0.717, 1.165) is 6.54 Å². The van der Waals surface area contributed by atoms with Crippen LogP contribution in [-0.2, 0) is 30.8 Å². The Bertz CT molecular complexity index is 1660. The number of amides is 1. The maximum absolute atomic E-state index is 13.4. The first-order valence-corrected chi connectivity index (χ1v) is 15.4. The number of sulfone groups is 1. The minimum atomic E-state index is -3.57. The number of aromatic nitrogens is 4. The number of thiazole rings is 1. The molecule has 1 amide bonds. The topological polar surface area (TPSA) is 158 Å². The molecule has 1 aromatic carbocycles. The number of rotatable bonds is 12. The third-order valence-electron chi connectivity index (χ3n) is 6.21. The van der Waals surface area contributed by atoms with Crippen molar-refractivity contribution in [2.75, 3.05) is 45.8 Å². The maximum Gasteiger partial charge on any atom is 0.280 e. The van der Waals surface area contributed by atoms with Gasteiger partial charge in [0, 0.05) is 37.2 Å². The molecule has 1 saturated heterocycles. The van der Waals surface area contributed by atoms with E-state index in [1.165, 1.54) is 35.6 Å². The minimum Gasteiger partial charge on any atom is -0.476 e. The molecule has 0 aliphatic carbocycles. The molecular weight excluding hydrogens is 582 g/mol. The molecule has 4 aromatic rings. The first-order valence-electron chi connectivity index (χ1n) is 13.0. The van der Waals surface area contributed by atoms with Crippen molar-refractivity contribution in [3.63, 3.8) is 0 Å². The monoisotopic (exact) mass is 611 g/mol. The molecule has 3 aromatic heterocycles. The lowest BCUT2D eigenvalue weighted by Gasteiger charge is -2.11. The summed E-state index contributed by atoms with van der Waals surface area (Å²) in [5.74, 6) is 0.233. The van der Waals surface area contributed by atoms with Crippen LogP contribution in [0.15, 0.2) is 64.9 Å². The molecule has 0 unspecified atom stereocenters. The van der Waals surface area contributed by atoms with Gasteiger partial charge in [0.1, 0.15) is 17.0 Å². The van der Waals surface area contributed by atoms with E-state index in [-0.39, 0.29) is 23.8 Å². The van der Waals surface area contributed by atoms with Gasteiger partial charge in [-0.3, -0.25) is 10.1 Å². The number of nitrogens with zero attached hydrogens (tertiary/aromatic N) is 6. The average molecular weight is 612 g/mol. The second kappa shape index (κ2) is 13.3. The Labute approximate surface area is 246 Å².